The topological polar surface area (TPSA) is 87.7 Å². The van der Waals surface area contributed by atoms with Crippen LogP contribution in [0.15, 0.2) is 30.3 Å². The molecule has 0 saturated heterocycles. The first-order valence-electron chi connectivity index (χ1n) is 15.7. The van der Waals surface area contributed by atoms with Gasteiger partial charge in [-0.15, -0.1) is 0 Å². The molecule has 1 fully saturated rings. The maximum atomic E-state index is 14.3. The van der Waals surface area contributed by atoms with Crippen LogP contribution >= 0.6 is 0 Å². The van der Waals surface area contributed by atoms with Crippen LogP contribution in [0.25, 0.3) is 0 Å². The zero-order valence-electron chi connectivity index (χ0n) is 26.0. The van der Waals surface area contributed by atoms with Crippen LogP contribution in [0, 0.1) is 5.92 Å². The fourth-order valence-corrected chi connectivity index (χ4v) is 5.41. The quantitative estimate of drug-likeness (QED) is 0.221. The minimum absolute atomic E-state index is 0.129. The fraction of sp³-hybridized carbons (Fsp3) is 0.727. The molecule has 1 aliphatic carbocycles. The summed E-state index contributed by atoms with van der Waals surface area (Å²) < 4.78 is 5.51. The number of carbonyl (C=O) groups excluding carboxylic acids is 3. The molecule has 7 heteroatoms. The Labute approximate surface area is 243 Å². The van der Waals surface area contributed by atoms with Crippen molar-refractivity contribution < 1.29 is 19.1 Å². The molecule has 2 atom stereocenters. The van der Waals surface area contributed by atoms with E-state index < -0.39 is 23.8 Å². The molecule has 0 radical (unpaired) electrons. The van der Waals surface area contributed by atoms with Gasteiger partial charge in [-0.1, -0.05) is 102 Å². The molecule has 1 aliphatic rings. The summed E-state index contributed by atoms with van der Waals surface area (Å²) in [5.74, 6) is -0.218. The SMILES string of the molecule is CCCCCCCCN(C(=O)C(CC(C)C)NC(=O)OC(C)(C)C)C(C(=O)NC1CCCCC1)c1ccccc1. The van der Waals surface area contributed by atoms with Gasteiger partial charge in [-0.2, -0.15) is 0 Å². The van der Waals surface area contributed by atoms with Crippen molar-refractivity contribution in [1.82, 2.24) is 15.5 Å². The van der Waals surface area contributed by atoms with E-state index in [4.69, 9.17) is 4.74 Å². The van der Waals surface area contributed by atoms with Crippen LogP contribution in [-0.2, 0) is 14.3 Å². The van der Waals surface area contributed by atoms with Gasteiger partial charge in [0.2, 0.25) is 11.8 Å². The molecule has 2 unspecified atom stereocenters. The number of hydrogen-bond acceptors (Lipinski definition) is 4. The van der Waals surface area contributed by atoms with E-state index in [1.807, 2.05) is 44.2 Å². The van der Waals surface area contributed by atoms with Gasteiger partial charge in [-0.3, -0.25) is 9.59 Å². The molecule has 1 saturated carbocycles. The molecule has 1 aromatic rings. The molecule has 0 aliphatic heterocycles. The molecule has 2 N–H and O–H groups in total. The van der Waals surface area contributed by atoms with Gasteiger partial charge in [0.25, 0.3) is 0 Å². The van der Waals surface area contributed by atoms with Gasteiger partial charge in [-0.25, -0.2) is 4.79 Å². The van der Waals surface area contributed by atoms with Crippen molar-refractivity contribution in [3.63, 3.8) is 0 Å². The van der Waals surface area contributed by atoms with E-state index in [1.165, 1.54) is 25.7 Å². The molecule has 3 amide bonds. The van der Waals surface area contributed by atoms with E-state index in [1.54, 1.807) is 25.7 Å². The highest BCUT2D eigenvalue weighted by Crippen LogP contribution is 2.26. The van der Waals surface area contributed by atoms with Crippen LogP contribution in [0.3, 0.4) is 0 Å². The lowest BCUT2D eigenvalue weighted by molar-refractivity contribution is -0.143. The molecule has 7 nitrogen and oxygen atoms in total. The molecule has 226 valence electrons. The lowest BCUT2D eigenvalue weighted by atomic mass is 9.94. The predicted octanol–water partition coefficient (Wildman–Crippen LogP) is 7.31. The van der Waals surface area contributed by atoms with Crippen LogP contribution in [0.2, 0.25) is 0 Å². The molecule has 2 rings (SSSR count). The maximum Gasteiger partial charge on any atom is 0.408 e. The van der Waals surface area contributed by atoms with Crippen LogP contribution in [0.1, 0.15) is 130 Å². The van der Waals surface area contributed by atoms with Crippen molar-refractivity contribution in [2.45, 2.75) is 142 Å². The number of unbranched alkanes of at least 4 members (excludes halogenated alkanes) is 5. The summed E-state index contributed by atoms with van der Waals surface area (Å²) in [6.45, 7) is 12.1. The first-order valence-corrected chi connectivity index (χ1v) is 15.7. The highest BCUT2D eigenvalue weighted by atomic mass is 16.6. The molecule has 0 heterocycles. The average molecular weight is 558 g/mol. The number of ether oxygens (including phenoxy) is 1. The number of nitrogens with one attached hydrogen (secondary N) is 2. The Balaban J connectivity index is 2.38. The Bertz CT molecular complexity index is 891. The van der Waals surface area contributed by atoms with Crippen molar-refractivity contribution in [2.75, 3.05) is 6.54 Å². The number of hydrogen-bond donors (Lipinski definition) is 2. The summed E-state index contributed by atoms with van der Waals surface area (Å²) >= 11 is 0. The molecule has 0 spiro atoms. The second-order valence-corrected chi connectivity index (χ2v) is 12.8. The Kier molecular flexibility index (Phi) is 14.5. The van der Waals surface area contributed by atoms with Gasteiger partial charge in [-0.05, 0) is 57.9 Å². The minimum Gasteiger partial charge on any atom is -0.444 e. The lowest BCUT2D eigenvalue weighted by Gasteiger charge is -2.36. The number of amides is 3. The largest absolute Gasteiger partial charge is 0.444 e. The summed E-state index contributed by atoms with van der Waals surface area (Å²) in [5.41, 5.74) is 0.107. The first-order chi connectivity index (χ1) is 19.0. The maximum absolute atomic E-state index is 14.3. The zero-order chi connectivity index (χ0) is 29.5. The first kappa shape index (κ1) is 33.6. The summed E-state index contributed by atoms with van der Waals surface area (Å²) in [4.78, 5) is 42.8. The van der Waals surface area contributed by atoms with E-state index in [0.29, 0.717) is 13.0 Å². The highest BCUT2D eigenvalue weighted by Gasteiger charge is 2.37. The standard InChI is InChI=1S/C33H55N3O4/c1-7-8-9-10-11-18-23-36(31(38)28(24-25(2)3)35-32(39)40-33(4,5)6)29(26-19-14-12-15-20-26)30(37)34-27-21-16-13-17-22-27/h12,14-15,19-20,25,27-29H,7-11,13,16-18,21-24H2,1-6H3,(H,34,37)(H,35,39). The van der Waals surface area contributed by atoms with Gasteiger partial charge < -0.3 is 20.3 Å². The Morgan fingerprint density at radius 3 is 2.17 bits per heavy atom. The molecule has 1 aromatic carbocycles. The van der Waals surface area contributed by atoms with Crippen molar-refractivity contribution in [3.05, 3.63) is 35.9 Å². The smallest absolute Gasteiger partial charge is 0.408 e. The van der Waals surface area contributed by atoms with Gasteiger partial charge in [0.1, 0.15) is 17.7 Å². The third-order valence-corrected chi connectivity index (χ3v) is 7.36. The van der Waals surface area contributed by atoms with Crippen molar-refractivity contribution in [1.29, 1.82) is 0 Å². The minimum atomic E-state index is -0.788. The van der Waals surface area contributed by atoms with Gasteiger partial charge in [0.05, 0.1) is 0 Å². The van der Waals surface area contributed by atoms with Crippen molar-refractivity contribution >= 4 is 17.9 Å². The van der Waals surface area contributed by atoms with Crippen molar-refractivity contribution in [3.8, 4) is 0 Å². The lowest BCUT2D eigenvalue weighted by Crippen LogP contribution is -2.54. The summed E-state index contributed by atoms with van der Waals surface area (Å²) in [6, 6.07) is 8.17. The van der Waals surface area contributed by atoms with Crippen LogP contribution in [-0.4, -0.2) is 47.0 Å². The molecular weight excluding hydrogens is 502 g/mol. The second kappa shape index (κ2) is 17.3. The number of alkyl carbamates (subject to hydrolysis) is 1. The molecule has 0 aromatic heterocycles. The van der Waals surface area contributed by atoms with Crippen LogP contribution in [0.4, 0.5) is 4.79 Å². The number of nitrogens with zero attached hydrogens (tertiary/aromatic N) is 1. The van der Waals surface area contributed by atoms with E-state index in [-0.39, 0.29) is 23.8 Å². The predicted molar refractivity (Wildman–Crippen MR) is 162 cm³/mol. The van der Waals surface area contributed by atoms with Gasteiger partial charge in [0, 0.05) is 12.6 Å². The Morgan fingerprint density at radius 2 is 1.57 bits per heavy atom. The monoisotopic (exact) mass is 557 g/mol. The van der Waals surface area contributed by atoms with Crippen LogP contribution in [0.5, 0.6) is 0 Å². The van der Waals surface area contributed by atoms with E-state index in [9.17, 15) is 14.4 Å². The molecule has 0 bridgehead atoms. The summed E-state index contributed by atoms with van der Waals surface area (Å²) in [5, 5.41) is 6.12. The average Bonchev–Trinajstić information content (AvgIpc) is 2.89. The molecule has 40 heavy (non-hydrogen) atoms. The second-order valence-electron chi connectivity index (χ2n) is 12.8. The zero-order valence-corrected chi connectivity index (χ0v) is 26.0. The van der Waals surface area contributed by atoms with Gasteiger partial charge in [0.15, 0.2) is 0 Å². The third kappa shape index (κ3) is 12.3. The highest BCUT2D eigenvalue weighted by molar-refractivity contribution is 5.92. The van der Waals surface area contributed by atoms with Gasteiger partial charge >= 0.3 is 6.09 Å². The van der Waals surface area contributed by atoms with E-state index >= 15 is 0 Å². The normalized spacial score (nSPS) is 15.8. The number of rotatable bonds is 15. The molecular formula is C33H55N3O4. The Hall–Kier alpha value is -2.57. The fourth-order valence-electron chi connectivity index (χ4n) is 5.41. The Morgan fingerprint density at radius 1 is 0.950 bits per heavy atom. The van der Waals surface area contributed by atoms with Crippen molar-refractivity contribution in [2.24, 2.45) is 5.92 Å². The van der Waals surface area contributed by atoms with E-state index in [0.717, 1.165) is 50.5 Å². The number of benzene rings is 1. The third-order valence-electron chi connectivity index (χ3n) is 7.36. The summed E-state index contributed by atoms with van der Waals surface area (Å²) in [7, 11) is 0. The number of carbonyl (C=O) groups is 3. The van der Waals surface area contributed by atoms with E-state index in [2.05, 4.69) is 17.6 Å². The summed E-state index contributed by atoms with van der Waals surface area (Å²) in [6.07, 6.45) is 11.6. The van der Waals surface area contributed by atoms with Crippen LogP contribution < -0.4 is 10.6 Å².